The Labute approximate surface area is 86.3 Å². The van der Waals surface area contributed by atoms with Gasteiger partial charge in [-0.2, -0.15) is 0 Å². The summed E-state index contributed by atoms with van der Waals surface area (Å²) >= 11 is 0. The van der Waals surface area contributed by atoms with Crippen LogP contribution in [0.2, 0.25) is 0 Å². The van der Waals surface area contributed by atoms with Crippen molar-refractivity contribution in [3.05, 3.63) is 0 Å². The first kappa shape index (κ1) is 13.4. The van der Waals surface area contributed by atoms with Crippen LogP contribution in [0.3, 0.4) is 0 Å². The standard InChI is InChI=1S/C10H22N2O2/c1-8(6-9(13)14)11-7-10(2,3)12(4)5/h8,11H,6-7H2,1-5H3,(H,13,14). The molecule has 0 amide bonds. The lowest BCUT2D eigenvalue weighted by Crippen LogP contribution is -2.49. The zero-order chi connectivity index (χ0) is 11.4. The first-order valence-corrected chi connectivity index (χ1v) is 4.88. The molecule has 14 heavy (non-hydrogen) atoms. The fourth-order valence-electron chi connectivity index (χ4n) is 0.916. The van der Waals surface area contributed by atoms with E-state index in [-0.39, 0.29) is 18.0 Å². The molecule has 4 heteroatoms. The molecule has 1 atom stereocenters. The smallest absolute Gasteiger partial charge is 0.304 e. The molecule has 0 bridgehead atoms. The van der Waals surface area contributed by atoms with Crippen LogP contribution in [-0.4, -0.2) is 48.2 Å². The lowest BCUT2D eigenvalue weighted by atomic mass is 10.0. The number of carboxylic acid groups (broad SMARTS) is 1. The summed E-state index contributed by atoms with van der Waals surface area (Å²) in [6.45, 7) is 6.91. The quantitative estimate of drug-likeness (QED) is 0.668. The van der Waals surface area contributed by atoms with Gasteiger partial charge in [-0.3, -0.25) is 4.79 Å². The predicted molar refractivity (Wildman–Crippen MR) is 57.5 cm³/mol. The maximum absolute atomic E-state index is 10.4. The van der Waals surface area contributed by atoms with Gasteiger partial charge in [-0.15, -0.1) is 0 Å². The Morgan fingerprint density at radius 1 is 1.50 bits per heavy atom. The summed E-state index contributed by atoms with van der Waals surface area (Å²) in [4.78, 5) is 12.5. The molecule has 2 N–H and O–H groups in total. The summed E-state index contributed by atoms with van der Waals surface area (Å²) in [6.07, 6.45) is 0.170. The van der Waals surface area contributed by atoms with Crippen LogP contribution in [0.1, 0.15) is 27.2 Å². The van der Waals surface area contributed by atoms with Crippen LogP contribution in [0, 0.1) is 0 Å². The highest BCUT2D eigenvalue weighted by Gasteiger charge is 2.21. The summed E-state index contributed by atoms with van der Waals surface area (Å²) < 4.78 is 0. The zero-order valence-corrected chi connectivity index (χ0v) is 9.79. The molecule has 84 valence electrons. The van der Waals surface area contributed by atoms with Gasteiger partial charge in [-0.25, -0.2) is 0 Å². The monoisotopic (exact) mass is 202 g/mol. The largest absolute Gasteiger partial charge is 0.481 e. The minimum Gasteiger partial charge on any atom is -0.481 e. The summed E-state index contributed by atoms with van der Waals surface area (Å²) in [5, 5.41) is 11.8. The lowest BCUT2D eigenvalue weighted by Gasteiger charge is -2.33. The molecule has 0 aromatic heterocycles. The van der Waals surface area contributed by atoms with Crippen LogP contribution in [0.5, 0.6) is 0 Å². The van der Waals surface area contributed by atoms with Gasteiger partial charge in [0.15, 0.2) is 0 Å². The van der Waals surface area contributed by atoms with Gasteiger partial charge in [0.1, 0.15) is 0 Å². The molecule has 0 aliphatic carbocycles. The molecule has 4 nitrogen and oxygen atoms in total. The molecule has 0 spiro atoms. The third-order valence-electron chi connectivity index (χ3n) is 2.57. The van der Waals surface area contributed by atoms with Crippen molar-refractivity contribution < 1.29 is 9.90 Å². The van der Waals surface area contributed by atoms with Crippen molar-refractivity contribution in [1.82, 2.24) is 10.2 Å². The van der Waals surface area contributed by atoms with Crippen molar-refractivity contribution in [3.8, 4) is 0 Å². The Morgan fingerprint density at radius 2 is 2.00 bits per heavy atom. The van der Waals surface area contributed by atoms with Gasteiger partial charge in [0.05, 0.1) is 6.42 Å². The molecule has 0 aromatic carbocycles. The van der Waals surface area contributed by atoms with Crippen LogP contribution in [0.4, 0.5) is 0 Å². The SMILES string of the molecule is CC(CC(=O)O)NCC(C)(C)N(C)C. The van der Waals surface area contributed by atoms with E-state index < -0.39 is 5.97 Å². The zero-order valence-electron chi connectivity index (χ0n) is 9.79. The van der Waals surface area contributed by atoms with Gasteiger partial charge in [0, 0.05) is 18.1 Å². The van der Waals surface area contributed by atoms with Crippen molar-refractivity contribution in [2.75, 3.05) is 20.6 Å². The average Bonchev–Trinajstić information content (AvgIpc) is 1.99. The molecule has 0 rings (SSSR count). The molecular weight excluding hydrogens is 180 g/mol. The Bertz CT molecular complexity index is 191. The molecular formula is C10H22N2O2. The van der Waals surface area contributed by atoms with E-state index in [1.165, 1.54) is 0 Å². The first-order chi connectivity index (χ1) is 6.25. The Balaban J connectivity index is 3.87. The number of aliphatic carboxylic acids is 1. The van der Waals surface area contributed by atoms with Crippen LogP contribution in [0.15, 0.2) is 0 Å². The second-order valence-corrected chi connectivity index (χ2v) is 4.59. The van der Waals surface area contributed by atoms with Gasteiger partial charge in [-0.1, -0.05) is 0 Å². The van der Waals surface area contributed by atoms with E-state index >= 15 is 0 Å². The summed E-state index contributed by atoms with van der Waals surface area (Å²) in [7, 11) is 4.03. The number of hydrogen-bond acceptors (Lipinski definition) is 3. The Hall–Kier alpha value is -0.610. The predicted octanol–water partition coefficient (Wildman–Crippen LogP) is 0.779. The second-order valence-electron chi connectivity index (χ2n) is 4.59. The number of carboxylic acids is 1. The Morgan fingerprint density at radius 3 is 2.36 bits per heavy atom. The molecule has 0 fully saturated rings. The van der Waals surface area contributed by atoms with E-state index in [2.05, 4.69) is 24.1 Å². The molecule has 0 saturated carbocycles. The van der Waals surface area contributed by atoms with E-state index in [0.717, 1.165) is 6.54 Å². The number of rotatable bonds is 6. The second kappa shape index (κ2) is 5.32. The molecule has 0 radical (unpaired) electrons. The van der Waals surface area contributed by atoms with E-state index in [9.17, 15) is 4.79 Å². The van der Waals surface area contributed by atoms with Gasteiger partial charge in [0.2, 0.25) is 0 Å². The fourth-order valence-corrected chi connectivity index (χ4v) is 0.916. The molecule has 0 saturated heterocycles. The van der Waals surface area contributed by atoms with Gasteiger partial charge >= 0.3 is 5.97 Å². The third kappa shape index (κ3) is 5.19. The summed E-state index contributed by atoms with van der Waals surface area (Å²) in [5.74, 6) is -0.757. The van der Waals surface area contributed by atoms with Crippen molar-refractivity contribution in [1.29, 1.82) is 0 Å². The van der Waals surface area contributed by atoms with E-state index in [0.29, 0.717) is 0 Å². The first-order valence-electron chi connectivity index (χ1n) is 4.88. The maximum Gasteiger partial charge on any atom is 0.304 e. The fraction of sp³-hybridized carbons (Fsp3) is 0.900. The molecule has 0 aromatic rings. The minimum atomic E-state index is -0.757. The topological polar surface area (TPSA) is 52.6 Å². The third-order valence-corrected chi connectivity index (χ3v) is 2.57. The van der Waals surface area contributed by atoms with E-state index in [1.54, 1.807) is 0 Å². The number of nitrogens with zero attached hydrogens (tertiary/aromatic N) is 1. The van der Waals surface area contributed by atoms with Crippen LogP contribution in [0.25, 0.3) is 0 Å². The minimum absolute atomic E-state index is 0.0201. The van der Waals surface area contributed by atoms with Crippen LogP contribution < -0.4 is 5.32 Å². The van der Waals surface area contributed by atoms with Crippen molar-refractivity contribution >= 4 is 5.97 Å². The lowest BCUT2D eigenvalue weighted by molar-refractivity contribution is -0.137. The highest BCUT2D eigenvalue weighted by molar-refractivity contribution is 5.67. The number of likely N-dealkylation sites (N-methyl/N-ethyl adjacent to an activating group) is 1. The molecule has 0 aliphatic rings. The molecule has 0 aliphatic heterocycles. The van der Waals surface area contributed by atoms with Crippen LogP contribution in [-0.2, 0) is 4.79 Å². The average molecular weight is 202 g/mol. The number of nitrogens with one attached hydrogen (secondary N) is 1. The van der Waals surface area contributed by atoms with Crippen LogP contribution >= 0.6 is 0 Å². The van der Waals surface area contributed by atoms with Crippen molar-refractivity contribution in [2.45, 2.75) is 38.8 Å². The number of hydrogen-bond donors (Lipinski definition) is 2. The maximum atomic E-state index is 10.4. The molecule has 1 unspecified atom stereocenters. The van der Waals surface area contributed by atoms with E-state index in [4.69, 9.17) is 5.11 Å². The van der Waals surface area contributed by atoms with Crippen molar-refractivity contribution in [3.63, 3.8) is 0 Å². The van der Waals surface area contributed by atoms with E-state index in [1.807, 2.05) is 21.0 Å². The highest BCUT2D eigenvalue weighted by Crippen LogP contribution is 2.08. The number of carbonyl (C=O) groups is 1. The molecule has 0 heterocycles. The Kier molecular flexibility index (Phi) is 5.08. The summed E-state index contributed by atoms with van der Waals surface area (Å²) in [5.41, 5.74) is 0.0484. The highest BCUT2D eigenvalue weighted by atomic mass is 16.4. The van der Waals surface area contributed by atoms with Gasteiger partial charge in [-0.05, 0) is 34.9 Å². The summed E-state index contributed by atoms with van der Waals surface area (Å²) in [6, 6.07) is 0.0201. The van der Waals surface area contributed by atoms with Gasteiger partial charge in [0.25, 0.3) is 0 Å². The normalized spacial score (nSPS) is 14.4. The van der Waals surface area contributed by atoms with Gasteiger partial charge < -0.3 is 15.3 Å². The van der Waals surface area contributed by atoms with Crippen molar-refractivity contribution in [2.24, 2.45) is 0 Å².